The molecule has 0 aromatic heterocycles. The van der Waals surface area contributed by atoms with E-state index in [-0.39, 0.29) is 6.54 Å². The first-order chi connectivity index (χ1) is 9.62. The molecule has 5 saturated carbocycles. The molecule has 20 heavy (non-hydrogen) atoms. The Balaban J connectivity index is 1.39. The van der Waals surface area contributed by atoms with Gasteiger partial charge in [-0.25, -0.2) is 0 Å². The van der Waals surface area contributed by atoms with Crippen LogP contribution >= 0.6 is 0 Å². The number of carboxylic acid groups (broad SMARTS) is 1. The van der Waals surface area contributed by atoms with E-state index in [1.807, 2.05) is 0 Å². The largest absolute Gasteiger partial charge is 0.480 e. The SMILES string of the molecule is O=C(O)CN(CCC12CC3CC(CC(C3)C1)C2)C1CC1. The van der Waals surface area contributed by atoms with Gasteiger partial charge in [0.15, 0.2) is 0 Å². The van der Waals surface area contributed by atoms with Crippen molar-refractivity contribution in [2.24, 2.45) is 23.2 Å². The molecule has 0 aromatic carbocycles. The highest BCUT2D eigenvalue weighted by molar-refractivity contribution is 5.69. The topological polar surface area (TPSA) is 40.5 Å². The first kappa shape index (κ1) is 13.1. The van der Waals surface area contributed by atoms with Crippen molar-refractivity contribution in [2.45, 2.75) is 63.8 Å². The van der Waals surface area contributed by atoms with Crippen molar-refractivity contribution in [3.05, 3.63) is 0 Å². The van der Waals surface area contributed by atoms with Gasteiger partial charge in [-0.1, -0.05) is 0 Å². The van der Waals surface area contributed by atoms with E-state index in [0.717, 1.165) is 24.3 Å². The van der Waals surface area contributed by atoms with E-state index in [2.05, 4.69) is 4.90 Å². The van der Waals surface area contributed by atoms with E-state index in [1.165, 1.54) is 57.8 Å². The molecule has 5 aliphatic carbocycles. The molecule has 0 spiro atoms. The Labute approximate surface area is 121 Å². The lowest BCUT2D eigenvalue weighted by Gasteiger charge is -2.57. The average molecular weight is 277 g/mol. The van der Waals surface area contributed by atoms with E-state index in [1.54, 1.807) is 0 Å². The van der Waals surface area contributed by atoms with E-state index in [9.17, 15) is 4.79 Å². The Morgan fingerprint density at radius 1 is 1.05 bits per heavy atom. The molecule has 0 aromatic rings. The zero-order chi connectivity index (χ0) is 13.7. The molecule has 1 N–H and O–H groups in total. The summed E-state index contributed by atoms with van der Waals surface area (Å²) in [6.07, 6.45) is 12.5. The summed E-state index contributed by atoms with van der Waals surface area (Å²) >= 11 is 0. The van der Waals surface area contributed by atoms with Crippen LogP contribution in [0.4, 0.5) is 0 Å². The van der Waals surface area contributed by atoms with Crippen LogP contribution in [0.3, 0.4) is 0 Å². The summed E-state index contributed by atoms with van der Waals surface area (Å²) < 4.78 is 0. The van der Waals surface area contributed by atoms with Crippen LogP contribution in [-0.4, -0.2) is 35.1 Å². The van der Waals surface area contributed by atoms with Crippen LogP contribution in [0.15, 0.2) is 0 Å². The summed E-state index contributed by atoms with van der Waals surface area (Å²) in [5.41, 5.74) is 0.598. The van der Waals surface area contributed by atoms with Crippen molar-refractivity contribution >= 4 is 5.97 Å². The first-order valence-electron chi connectivity index (χ1n) is 8.58. The number of rotatable bonds is 6. The van der Waals surface area contributed by atoms with Crippen molar-refractivity contribution in [3.8, 4) is 0 Å². The van der Waals surface area contributed by atoms with E-state index in [4.69, 9.17) is 5.11 Å². The Morgan fingerprint density at radius 2 is 1.60 bits per heavy atom. The summed E-state index contributed by atoms with van der Waals surface area (Å²) in [6, 6.07) is 0.583. The van der Waals surface area contributed by atoms with Gasteiger partial charge in [0.05, 0.1) is 6.54 Å². The van der Waals surface area contributed by atoms with Crippen molar-refractivity contribution < 1.29 is 9.90 Å². The van der Waals surface area contributed by atoms with Gasteiger partial charge in [0, 0.05) is 6.04 Å². The maximum absolute atomic E-state index is 11.0. The molecule has 5 aliphatic rings. The smallest absolute Gasteiger partial charge is 0.317 e. The molecule has 5 fully saturated rings. The van der Waals surface area contributed by atoms with E-state index >= 15 is 0 Å². The van der Waals surface area contributed by atoms with Crippen molar-refractivity contribution in [2.75, 3.05) is 13.1 Å². The van der Waals surface area contributed by atoms with Gasteiger partial charge in [-0.3, -0.25) is 9.69 Å². The fourth-order valence-electron chi connectivity index (χ4n) is 5.98. The third kappa shape index (κ3) is 2.49. The van der Waals surface area contributed by atoms with Gasteiger partial charge in [-0.15, -0.1) is 0 Å². The number of aliphatic carboxylic acids is 1. The standard InChI is InChI=1S/C17H27NO2/c19-16(20)11-18(15-1-2-15)4-3-17-8-12-5-13(9-17)7-14(6-12)10-17/h12-15H,1-11H2,(H,19,20). The summed E-state index contributed by atoms with van der Waals surface area (Å²) in [5.74, 6) is 2.38. The first-order valence-corrected chi connectivity index (χ1v) is 8.58. The summed E-state index contributed by atoms with van der Waals surface area (Å²) in [7, 11) is 0. The van der Waals surface area contributed by atoms with Crippen LogP contribution < -0.4 is 0 Å². The lowest BCUT2D eigenvalue weighted by atomic mass is 9.49. The molecular weight excluding hydrogens is 250 g/mol. The second kappa shape index (κ2) is 4.72. The Morgan fingerprint density at radius 3 is 2.05 bits per heavy atom. The minimum Gasteiger partial charge on any atom is -0.480 e. The lowest BCUT2D eigenvalue weighted by Crippen LogP contribution is -2.47. The fraction of sp³-hybridized carbons (Fsp3) is 0.941. The zero-order valence-corrected chi connectivity index (χ0v) is 12.4. The predicted octanol–water partition coefficient (Wildman–Crippen LogP) is 3.14. The molecule has 4 bridgehead atoms. The predicted molar refractivity (Wildman–Crippen MR) is 77.5 cm³/mol. The Hall–Kier alpha value is -0.570. The number of hydrogen-bond acceptors (Lipinski definition) is 2. The molecule has 0 atom stereocenters. The highest BCUT2D eigenvalue weighted by atomic mass is 16.4. The molecule has 0 radical (unpaired) electrons. The molecule has 0 unspecified atom stereocenters. The molecule has 112 valence electrons. The number of hydrogen-bond donors (Lipinski definition) is 1. The third-order valence-corrected chi connectivity index (χ3v) is 6.50. The molecule has 0 aliphatic heterocycles. The van der Waals surface area contributed by atoms with Gasteiger partial charge in [0.2, 0.25) is 0 Å². The van der Waals surface area contributed by atoms with E-state index < -0.39 is 5.97 Å². The van der Waals surface area contributed by atoms with Gasteiger partial charge < -0.3 is 5.11 Å². The quantitative estimate of drug-likeness (QED) is 0.811. The summed E-state index contributed by atoms with van der Waals surface area (Å²) in [4.78, 5) is 13.3. The van der Waals surface area contributed by atoms with Crippen LogP contribution in [0.1, 0.15) is 57.8 Å². The van der Waals surface area contributed by atoms with Gasteiger partial charge >= 0.3 is 5.97 Å². The summed E-state index contributed by atoms with van der Waals surface area (Å²) in [5, 5.41) is 9.08. The van der Waals surface area contributed by atoms with Gasteiger partial charge in [0.25, 0.3) is 0 Å². The van der Waals surface area contributed by atoms with Crippen LogP contribution in [0.5, 0.6) is 0 Å². The third-order valence-electron chi connectivity index (χ3n) is 6.50. The van der Waals surface area contributed by atoms with Gasteiger partial charge in [-0.05, 0) is 87.5 Å². The zero-order valence-electron chi connectivity index (χ0n) is 12.4. The minimum absolute atomic E-state index is 0.261. The number of carbonyl (C=O) groups is 1. The second-order valence-electron chi connectivity index (χ2n) is 8.26. The van der Waals surface area contributed by atoms with E-state index in [0.29, 0.717) is 11.5 Å². The monoisotopic (exact) mass is 277 g/mol. The molecule has 3 nitrogen and oxygen atoms in total. The lowest BCUT2D eigenvalue weighted by molar-refractivity contribution is -0.138. The molecule has 3 heteroatoms. The highest BCUT2D eigenvalue weighted by Crippen LogP contribution is 2.61. The van der Waals surface area contributed by atoms with Gasteiger partial charge in [0.1, 0.15) is 0 Å². The minimum atomic E-state index is -0.651. The highest BCUT2D eigenvalue weighted by Gasteiger charge is 2.50. The molecular formula is C17H27NO2. The molecule has 0 saturated heterocycles. The maximum atomic E-state index is 11.0. The van der Waals surface area contributed by atoms with Crippen LogP contribution in [0.2, 0.25) is 0 Å². The Bertz CT molecular complexity index is 367. The fourth-order valence-corrected chi connectivity index (χ4v) is 5.98. The normalized spacial score (nSPS) is 42.4. The molecule has 0 amide bonds. The second-order valence-corrected chi connectivity index (χ2v) is 8.26. The van der Waals surface area contributed by atoms with Crippen LogP contribution in [-0.2, 0) is 4.79 Å². The van der Waals surface area contributed by atoms with Gasteiger partial charge in [-0.2, -0.15) is 0 Å². The van der Waals surface area contributed by atoms with Crippen molar-refractivity contribution in [1.29, 1.82) is 0 Å². The Kier molecular flexibility index (Phi) is 3.10. The number of nitrogens with zero attached hydrogens (tertiary/aromatic N) is 1. The average Bonchev–Trinajstić information content (AvgIpc) is 3.16. The van der Waals surface area contributed by atoms with Crippen LogP contribution in [0.25, 0.3) is 0 Å². The summed E-state index contributed by atoms with van der Waals surface area (Å²) in [6.45, 7) is 1.29. The van der Waals surface area contributed by atoms with Crippen molar-refractivity contribution in [3.63, 3.8) is 0 Å². The molecule has 0 heterocycles. The maximum Gasteiger partial charge on any atom is 0.317 e. The van der Waals surface area contributed by atoms with Crippen LogP contribution in [0, 0.1) is 23.2 Å². The number of carboxylic acids is 1. The molecule has 5 rings (SSSR count). The van der Waals surface area contributed by atoms with Crippen molar-refractivity contribution in [1.82, 2.24) is 4.90 Å².